The summed E-state index contributed by atoms with van der Waals surface area (Å²) < 4.78 is 0.894. The number of aromatic nitrogens is 1. The van der Waals surface area contributed by atoms with Crippen molar-refractivity contribution in [3.8, 4) is 0 Å². The van der Waals surface area contributed by atoms with Gasteiger partial charge in [0.25, 0.3) is 0 Å². The molecule has 0 unspecified atom stereocenters. The first-order valence-electron chi connectivity index (χ1n) is 4.62. The number of pyridine rings is 1. The molecule has 0 N–H and O–H groups in total. The van der Waals surface area contributed by atoms with Gasteiger partial charge in [0.1, 0.15) is 4.60 Å². The van der Waals surface area contributed by atoms with Crippen LogP contribution in [0.1, 0.15) is 31.9 Å². The number of halogens is 1. The van der Waals surface area contributed by atoms with Crippen molar-refractivity contribution in [2.24, 2.45) is 0 Å². The maximum absolute atomic E-state index is 4.30. The van der Waals surface area contributed by atoms with E-state index in [-0.39, 0.29) is 0 Å². The molecule has 1 nitrogen and oxygen atoms in total. The Labute approximate surface area is 88.0 Å². The van der Waals surface area contributed by atoms with Crippen LogP contribution in [0.15, 0.2) is 28.9 Å². The quantitative estimate of drug-likeness (QED) is 0.571. The third-order valence-electron chi connectivity index (χ3n) is 1.75. The second-order valence-electron chi connectivity index (χ2n) is 2.93. The van der Waals surface area contributed by atoms with Gasteiger partial charge in [-0.1, -0.05) is 31.9 Å². The maximum atomic E-state index is 4.30. The van der Waals surface area contributed by atoms with Gasteiger partial charge in [-0.3, -0.25) is 0 Å². The van der Waals surface area contributed by atoms with Gasteiger partial charge in [0, 0.05) is 0 Å². The van der Waals surface area contributed by atoms with E-state index in [0.29, 0.717) is 0 Å². The number of allylic oxidation sites excluding steroid dienone is 1. The highest BCUT2D eigenvalue weighted by atomic mass is 79.9. The molecule has 0 aromatic carbocycles. The molecular formula is C11H14BrN. The summed E-state index contributed by atoms with van der Waals surface area (Å²) in [5, 5.41) is 0. The summed E-state index contributed by atoms with van der Waals surface area (Å²) in [5.41, 5.74) is 1.02. The highest BCUT2D eigenvalue weighted by Crippen LogP contribution is 2.08. The number of rotatable bonds is 4. The Balaban J connectivity index is 2.48. The SMILES string of the molecule is CCCC/C=C\c1cccc(Br)n1. The van der Waals surface area contributed by atoms with E-state index in [2.05, 4.69) is 40.0 Å². The predicted octanol–water partition coefficient (Wildman–Crippen LogP) is 4.05. The standard InChI is InChI=1S/C11H14BrN/c1-2-3-4-5-7-10-8-6-9-11(12)13-10/h5-9H,2-4H2,1H3/b7-5-. The zero-order chi connectivity index (χ0) is 9.52. The molecule has 70 valence electrons. The lowest BCUT2D eigenvalue weighted by Gasteiger charge is -1.93. The van der Waals surface area contributed by atoms with Crippen LogP contribution in [0.25, 0.3) is 6.08 Å². The first-order chi connectivity index (χ1) is 6.33. The van der Waals surface area contributed by atoms with Crippen molar-refractivity contribution in [2.75, 3.05) is 0 Å². The minimum atomic E-state index is 0.894. The molecule has 0 saturated carbocycles. The average Bonchev–Trinajstić information content (AvgIpc) is 2.13. The third-order valence-corrected chi connectivity index (χ3v) is 2.19. The van der Waals surface area contributed by atoms with E-state index in [0.717, 1.165) is 16.7 Å². The number of hydrogen-bond acceptors (Lipinski definition) is 1. The second-order valence-corrected chi connectivity index (χ2v) is 3.74. The molecular weight excluding hydrogens is 226 g/mol. The van der Waals surface area contributed by atoms with Crippen LogP contribution in [0.4, 0.5) is 0 Å². The topological polar surface area (TPSA) is 12.9 Å². The number of unbranched alkanes of at least 4 members (excludes halogenated alkanes) is 2. The van der Waals surface area contributed by atoms with Crippen molar-refractivity contribution in [3.05, 3.63) is 34.6 Å². The molecule has 13 heavy (non-hydrogen) atoms. The lowest BCUT2D eigenvalue weighted by Crippen LogP contribution is -1.79. The normalized spacial score (nSPS) is 10.9. The minimum Gasteiger partial charge on any atom is -0.242 e. The van der Waals surface area contributed by atoms with Crippen molar-refractivity contribution in [3.63, 3.8) is 0 Å². The van der Waals surface area contributed by atoms with Gasteiger partial charge >= 0.3 is 0 Å². The molecule has 1 rings (SSSR count). The highest BCUT2D eigenvalue weighted by molar-refractivity contribution is 9.10. The number of hydrogen-bond donors (Lipinski definition) is 0. The van der Waals surface area contributed by atoms with Crippen LogP contribution in [0.5, 0.6) is 0 Å². The van der Waals surface area contributed by atoms with Gasteiger partial charge in [-0.05, 0) is 40.6 Å². The van der Waals surface area contributed by atoms with Gasteiger partial charge in [0.15, 0.2) is 0 Å². The molecule has 0 aliphatic heterocycles. The third kappa shape index (κ3) is 4.23. The Kier molecular flexibility index (Phi) is 4.76. The molecule has 0 fully saturated rings. The van der Waals surface area contributed by atoms with Crippen LogP contribution in [-0.2, 0) is 0 Å². The van der Waals surface area contributed by atoms with E-state index in [1.165, 1.54) is 12.8 Å². The summed E-state index contributed by atoms with van der Waals surface area (Å²) in [6, 6.07) is 5.94. The minimum absolute atomic E-state index is 0.894. The lowest BCUT2D eigenvalue weighted by molar-refractivity contribution is 0.816. The summed E-state index contributed by atoms with van der Waals surface area (Å²) in [6.07, 6.45) is 7.89. The molecule has 0 aliphatic rings. The Morgan fingerprint density at radius 2 is 2.31 bits per heavy atom. The second kappa shape index (κ2) is 5.92. The van der Waals surface area contributed by atoms with E-state index < -0.39 is 0 Å². The summed E-state index contributed by atoms with van der Waals surface area (Å²) in [7, 11) is 0. The summed E-state index contributed by atoms with van der Waals surface area (Å²) in [6.45, 7) is 2.20. The summed E-state index contributed by atoms with van der Waals surface area (Å²) >= 11 is 3.34. The van der Waals surface area contributed by atoms with Gasteiger partial charge in [-0.2, -0.15) is 0 Å². The molecule has 1 heterocycles. The van der Waals surface area contributed by atoms with E-state index in [4.69, 9.17) is 0 Å². The van der Waals surface area contributed by atoms with Gasteiger partial charge in [0.2, 0.25) is 0 Å². The zero-order valence-electron chi connectivity index (χ0n) is 7.83. The Bertz CT molecular complexity index is 281. The molecule has 2 heteroatoms. The Hall–Kier alpha value is -0.630. The molecule has 0 bridgehead atoms. The molecule has 0 saturated heterocycles. The van der Waals surface area contributed by atoms with Crippen LogP contribution in [0.3, 0.4) is 0 Å². The van der Waals surface area contributed by atoms with Crippen molar-refractivity contribution in [1.29, 1.82) is 0 Å². The maximum Gasteiger partial charge on any atom is 0.106 e. The molecule has 0 amide bonds. The van der Waals surface area contributed by atoms with Gasteiger partial charge in [-0.25, -0.2) is 4.98 Å². The first kappa shape index (κ1) is 10.5. The fraction of sp³-hybridized carbons (Fsp3) is 0.364. The molecule has 0 atom stereocenters. The van der Waals surface area contributed by atoms with Gasteiger partial charge < -0.3 is 0 Å². The van der Waals surface area contributed by atoms with Crippen LogP contribution < -0.4 is 0 Å². The molecule has 0 aliphatic carbocycles. The van der Waals surface area contributed by atoms with Crippen LogP contribution in [-0.4, -0.2) is 4.98 Å². The molecule has 0 spiro atoms. The smallest absolute Gasteiger partial charge is 0.106 e. The summed E-state index contributed by atoms with van der Waals surface area (Å²) in [4.78, 5) is 4.30. The van der Waals surface area contributed by atoms with E-state index in [1.54, 1.807) is 0 Å². The van der Waals surface area contributed by atoms with Gasteiger partial charge in [-0.15, -0.1) is 0 Å². The van der Waals surface area contributed by atoms with Crippen molar-refractivity contribution in [1.82, 2.24) is 4.98 Å². The van der Waals surface area contributed by atoms with Gasteiger partial charge in [0.05, 0.1) is 5.69 Å². The Morgan fingerprint density at radius 1 is 1.46 bits per heavy atom. The molecule has 1 aromatic rings. The van der Waals surface area contributed by atoms with Crippen LogP contribution in [0.2, 0.25) is 0 Å². The van der Waals surface area contributed by atoms with E-state index >= 15 is 0 Å². The largest absolute Gasteiger partial charge is 0.242 e. The fourth-order valence-corrected chi connectivity index (χ4v) is 1.40. The van der Waals surface area contributed by atoms with Crippen molar-refractivity contribution >= 4 is 22.0 Å². The fourth-order valence-electron chi connectivity index (χ4n) is 1.04. The first-order valence-corrected chi connectivity index (χ1v) is 5.41. The van der Waals surface area contributed by atoms with Crippen molar-refractivity contribution in [2.45, 2.75) is 26.2 Å². The average molecular weight is 240 g/mol. The number of nitrogens with zero attached hydrogens (tertiary/aromatic N) is 1. The highest BCUT2D eigenvalue weighted by Gasteiger charge is 1.88. The zero-order valence-corrected chi connectivity index (χ0v) is 9.42. The molecule has 0 radical (unpaired) electrons. The van der Waals surface area contributed by atoms with Crippen molar-refractivity contribution < 1.29 is 0 Å². The predicted molar refractivity (Wildman–Crippen MR) is 60.5 cm³/mol. The molecule has 1 aromatic heterocycles. The monoisotopic (exact) mass is 239 g/mol. The Morgan fingerprint density at radius 3 is 3.00 bits per heavy atom. The lowest BCUT2D eigenvalue weighted by atomic mass is 10.2. The summed E-state index contributed by atoms with van der Waals surface area (Å²) in [5.74, 6) is 0. The van der Waals surface area contributed by atoms with E-state index in [9.17, 15) is 0 Å². The van der Waals surface area contributed by atoms with Crippen LogP contribution in [0, 0.1) is 0 Å². The van der Waals surface area contributed by atoms with E-state index in [1.807, 2.05) is 18.2 Å². The van der Waals surface area contributed by atoms with Crippen LogP contribution >= 0.6 is 15.9 Å².